The number of rotatable bonds is 7. The van der Waals surface area contributed by atoms with Crippen LogP contribution in [0.3, 0.4) is 0 Å². The van der Waals surface area contributed by atoms with Gasteiger partial charge in [0.25, 0.3) is 0 Å². The number of hydrogen-bond acceptors (Lipinski definition) is 10. The van der Waals surface area contributed by atoms with Crippen molar-refractivity contribution in [2.24, 2.45) is 29.4 Å². The Hall–Kier alpha value is -4.00. The van der Waals surface area contributed by atoms with E-state index in [1.165, 1.54) is 11.0 Å². The van der Waals surface area contributed by atoms with Crippen LogP contribution in [-0.2, 0) is 38.7 Å². The van der Waals surface area contributed by atoms with E-state index < -0.39 is 64.4 Å². The summed E-state index contributed by atoms with van der Waals surface area (Å²) in [5.74, 6) is -11.3. The molecule has 2 fully saturated rings. The van der Waals surface area contributed by atoms with Crippen LogP contribution in [0.1, 0.15) is 33.5 Å². The van der Waals surface area contributed by atoms with Crippen molar-refractivity contribution in [3.63, 3.8) is 0 Å². The minimum absolute atomic E-state index is 0.0243. The van der Waals surface area contributed by atoms with Crippen LogP contribution in [-0.4, -0.2) is 84.0 Å². The van der Waals surface area contributed by atoms with E-state index in [2.05, 4.69) is 5.32 Å². The number of amides is 1. The molecule has 0 radical (unpaired) electrons. The van der Waals surface area contributed by atoms with E-state index in [0.717, 1.165) is 0 Å². The number of aliphatic hydroxyl groups is 1. The Bertz CT molecular complexity index is 1560. The first-order valence-electron chi connectivity index (χ1n) is 14.1. The average Bonchev–Trinajstić information content (AvgIpc) is 2.92. The molecule has 2 saturated carbocycles. The van der Waals surface area contributed by atoms with Gasteiger partial charge in [-0.3, -0.25) is 28.9 Å². The first-order chi connectivity index (χ1) is 20.2. The number of carbonyl (C=O) groups is 5. The van der Waals surface area contributed by atoms with Crippen LogP contribution in [0, 0.1) is 29.5 Å². The molecule has 0 saturated heterocycles. The molecule has 43 heavy (non-hydrogen) atoms. The maximum Gasteiger partial charge on any atom is 0.235 e. The van der Waals surface area contributed by atoms with Gasteiger partial charge < -0.3 is 26.2 Å². The number of nitrogens with zero attached hydrogens (tertiary/aromatic N) is 2. The van der Waals surface area contributed by atoms with Gasteiger partial charge >= 0.3 is 0 Å². The van der Waals surface area contributed by atoms with Crippen LogP contribution in [0.4, 0.5) is 10.1 Å². The van der Waals surface area contributed by atoms with Gasteiger partial charge in [0.05, 0.1) is 17.5 Å². The van der Waals surface area contributed by atoms with Crippen molar-refractivity contribution in [3.8, 4) is 5.75 Å². The first kappa shape index (κ1) is 30.5. The molecule has 2 aromatic carbocycles. The molecule has 0 heterocycles. The first-order valence-corrected chi connectivity index (χ1v) is 14.1. The fourth-order valence-electron chi connectivity index (χ4n) is 7.21. The molecule has 228 valence electrons. The summed E-state index contributed by atoms with van der Waals surface area (Å²) in [6.45, 7) is 0.224. The Balaban J connectivity index is 1.55. The molecule has 6 atom stereocenters. The number of hydrogen-bond donors (Lipinski definition) is 4. The second-order valence-corrected chi connectivity index (χ2v) is 12.1. The van der Waals surface area contributed by atoms with Crippen LogP contribution in [0.15, 0.2) is 30.3 Å². The molecule has 5 rings (SSSR count). The Morgan fingerprint density at radius 3 is 2.33 bits per heavy atom. The zero-order valence-electron chi connectivity index (χ0n) is 24.4. The van der Waals surface area contributed by atoms with E-state index in [-0.39, 0.29) is 43.1 Å². The third-order valence-corrected chi connectivity index (χ3v) is 9.19. The molecule has 2 unspecified atom stereocenters. The number of carbonyl (C=O) groups excluding carboxylic acids is 5. The second-order valence-electron chi connectivity index (χ2n) is 12.1. The van der Waals surface area contributed by atoms with E-state index in [1.807, 2.05) is 0 Å². The molecule has 3 aliphatic rings. The molecule has 5 N–H and O–H groups in total. The number of phenols is 1. The van der Waals surface area contributed by atoms with Crippen molar-refractivity contribution in [3.05, 3.63) is 58.4 Å². The summed E-state index contributed by atoms with van der Waals surface area (Å²) >= 11 is 0. The van der Waals surface area contributed by atoms with Crippen molar-refractivity contribution < 1.29 is 38.6 Å². The number of anilines is 1. The molecule has 3 aliphatic carbocycles. The smallest absolute Gasteiger partial charge is 0.235 e. The van der Waals surface area contributed by atoms with Gasteiger partial charge in [-0.05, 0) is 50.6 Å². The predicted molar refractivity (Wildman–Crippen MR) is 153 cm³/mol. The van der Waals surface area contributed by atoms with Crippen molar-refractivity contribution in [1.82, 2.24) is 10.2 Å². The monoisotopic (exact) mass is 594 g/mol. The summed E-state index contributed by atoms with van der Waals surface area (Å²) in [6, 6.07) is 6.81. The zero-order valence-corrected chi connectivity index (χ0v) is 24.4. The zero-order chi connectivity index (χ0) is 31.5. The summed E-state index contributed by atoms with van der Waals surface area (Å²) < 4.78 is 14.1. The molecular formula is C31H35FN4O7. The van der Waals surface area contributed by atoms with Crippen molar-refractivity contribution in [2.75, 3.05) is 33.1 Å². The fraction of sp³-hybridized carbons (Fsp3) is 0.452. The van der Waals surface area contributed by atoms with Gasteiger partial charge in [0.15, 0.2) is 34.7 Å². The quantitative estimate of drug-likeness (QED) is 0.328. The van der Waals surface area contributed by atoms with E-state index >= 15 is 0 Å². The molecule has 0 aromatic heterocycles. The molecule has 2 aromatic rings. The van der Waals surface area contributed by atoms with Gasteiger partial charge in [-0.1, -0.05) is 18.2 Å². The van der Waals surface area contributed by atoms with Gasteiger partial charge in [0, 0.05) is 49.9 Å². The number of aromatic hydroxyl groups is 1. The van der Waals surface area contributed by atoms with Crippen molar-refractivity contribution in [2.45, 2.75) is 37.6 Å². The number of nitrogens with two attached hydrogens (primary N) is 1. The Morgan fingerprint density at radius 2 is 1.72 bits per heavy atom. The van der Waals surface area contributed by atoms with E-state index in [0.29, 0.717) is 22.4 Å². The molecule has 1 amide bonds. The molecule has 0 bridgehead atoms. The predicted octanol–water partition coefficient (Wildman–Crippen LogP) is 0.362. The molecule has 11 nitrogen and oxygen atoms in total. The number of fused-ring (bicyclic) bond motifs is 3. The van der Waals surface area contributed by atoms with Gasteiger partial charge in [0.2, 0.25) is 5.91 Å². The lowest BCUT2D eigenvalue weighted by atomic mass is 9.52. The normalized spacial score (nSPS) is 28.4. The molecule has 0 spiro atoms. The van der Waals surface area contributed by atoms with Crippen molar-refractivity contribution >= 4 is 34.7 Å². The van der Waals surface area contributed by atoms with Gasteiger partial charge in [-0.15, -0.1) is 0 Å². The largest absolute Gasteiger partial charge is 0.507 e. The van der Waals surface area contributed by atoms with E-state index in [4.69, 9.17) is 5.73 Å². The Kier molecular flexibility index (Phi) is 7.74. The Labute approximate surface area is 247 Å². The molecular weight excluding hydrogens is 559 g/mol. The van der Waals surface area contributed by atoms with Crippen molar-refractivity contribution in [1.29, 1.82) is 0 Å². The highest BCUT2D eigenvalue weighted by molar-refractivity contribution is 6.32. The summed E-state index contributed by atoms with van der Waals surface area (Å²) in [7, 11) is 6.63. The van der Waals surface area contributed by atoms with Gasteiger partial charge in [-0.25, -0.2) is 4.39 Å². The number of Topliss-reactive ketones (excluding diaryl/α,β-unsaturated/α-hetero) is 4. The fourth-order valence-corrected chi connectivity index (χ4v) is 7.21. The maximum absolute atomic E-state index is 14.1. The van der Waals surface area contributed by atoms with Crippen LogP contribution in [0.2, 0.25) is 0 Å². The summed E-state index contributed by atoms with van der Waals surface area (Å²) in [4.78, 5) is 70.2. The number of ketones is 4. The number of likely N-dealkylation sites (N-methyl/N-ethyl adjacent to an activating group) is 1. The van der Waals surface area contributed by atoms with E-state index in [1.54, 1.807) is 57.4 Å². The summed E-state index contributed by atoms with van der Waals surface area (Å²) in [5, 5.41) is 26.2. The molecule has 0 aliphatic heterocycles. The highest BCUT2D eigenvalue weighted by Crippen LogP contribution is 2.52. The Morgan fingerprint density at radius 1 is 1.07 bits per heavy atom. The maximum atomic E-state index is 14.1. The lowest BCUT2D eigenvalue weighted by molar-refractivity contribution is -0.181. The number of nitrogens with one attached hydrogen (secondary N) is 1. The minimum Gasteiger partial charge on any atom is -0.507 e. The summed E-state index contributed by atoms with van der Waals surface area (Å²) in [6.07, 6.45) is 0.138. The number of benzene rings is 2. The average molecular weight is 595 g/mol. The van der Waals surface area contributed by atoms with Crippen LogP contribution in [0.25, 0.3) is 0 Å². The van der Waals surface area contributed by atoms with Gasteiger partial charge in [-0.2, -0.15) is 0 Å². The van der Waals surface area contributed by atoms with Crippen LogP contribution >= 0.6 is 0 Å². The SMILES string of the molecule is CN(C)c1cc(CNCc2ccccc2F)c(O)c2c1C[C@H]1C[C@H]3[C@@H](N(C)C)C(=O)C(C(N)=O)C(=O)[C@@]3(O)C(=O)C1C2=O. The lowest BCUT2D eigenvalue weighted by Crippen LogP contribution is -2.74. The number of halogens is 1. The standard InChI is InChI=1S/C31H35FN4O7/c1-35(2)20-11-16(13-34-12-14-7-5-6-8-19(14)32)25(37)22-17(20)9-15-10-18-24(36(3)4)27(39)23(30(33)42)29(41)31(18,43)28(40)21(15)26(22)38/h5-8,11,15,18,21,23-24,34,37,43H,9-10,12-13H2,1-4H3,(H2,33,42)/t15-,18-,21?,23?,24+,31-/m0/s1. The lowest BCUT2D eigenvalue weighted by Gasteiger charge is -2.52. The third-order valence-electron chi connectivity index (χ3n) is 9.19. The number of phenolic OH excluding ortho intramolecular Hbond substituents is 1. The molecule has 12 heteroatoms. The summed E-state index contributed by atoms with van der Waals surface area (Å²) in [5.41, 5.74) is 4.40. The highest BCUT2D eigenvalue weighted by Gasteiger charge is 2.69. The van der Waals surface area contributed by atoms with Crippen LogP contribution < -0.4 is 16.0 Å². The van der Waals surface area contributed by atoms with Gasteiger partial charge in [0.1, 0.15) is 11.6 Å². The van der Waals surface area contributed by atoms with E-state index in [9.17, 15) is 38.6 Å². The third kappa shape index (κ3) is 4.64. The highest BCUT2D eigenvalue weighted by atomic mass is 19.1. The van der Waals surface area contributed by atoms with Crippen LogP contribution in [0.5, 0.6) is 5.75 Å². The minimum atomic E-state index is -2.78. The number of primary amides is 1. The second kappa shape index (κ2) is 10.9. The topological polar surface area (TPSA) is 170 Å².